The maximum Gasteiger partial charge on any atom is 0.321 e. The van der Waals surface area contributed by atoms with E-state index in [4.69, 9.17) is 4.74 Å². The number of nitrogens with one attached hydrogen (secondary N) is 3. The first-order valence-electron chi connectivity index (χ1n) is 11.3. The Morgan fingerprint density at radius 3 is 2.94 bits per heavy atom. The summed E-state index contributed by atoms with van der Waals surface area (Å²) in [6.45, 7) is 4.45. The lowest BCUT2D eigenvalue weighted by atomic mass is 10.0. The molecule has 4 heterocycles. The number of aromatic nitrogens is 3. The number of pyridine rings is 1. The number of anilines is 2. The average molecular weight is 450 g/mol. The van der Waals surface area contributed by atoms with Gasteiger partial charge in [-0.15, -0.1) is 0 Å². The molecule has 0 saturated carbocycles. The zero-order chi connectivity index (χ0) is 22.8. The van der Waals surface area contributed by atoms with Crippen LogP contribution in [0.5, 0.6) is 0 Å². The van der Waals surface area contributed by atoms with E-state index in [1.807, 2.05) is 42.5 Å². The summed E-state index contributed by atoms with van der Waals surface area (Å²) >= 11 is 0. The third kappa shape index (κ3) is 4.47. The summed E-state index contributed by atoms with van der Waals surface area (Å²) in [4.78, 5) is 32.5. The van der Waals surface area contributed by atoms with Gasteiger partial charge in [0.1, 0.15) is 0 Å². The first kappa shape index (κ1) is 21.2. The molecule has 2 amide bonds. The lowest BCUT2D eigenvalue weighted by Crippen LogP contribution is -2.28. The van der Waals surface area contributed by atoms with E-state index >= 15 is 0 Å². The standard InChI is InChI=1S/C23H27N7O3/c1-2-24-23(32)28-22-26-18-11-16(12-19(21(18)27-22)30-8-4-7-25-30)15-6-9-29(20(31)13-15)14-17-5-3-10-33-17/h6-7,9,11-13,17H,2-5,8,10,14H2,1H3,(H3,24,26,27,28,32). The van der Waals surface area contributed by atoms with Crippen LogP contribution in [0.2, 0.25) is 0 Å². The Morgan fingerprint density at radius 2 is 2.21 bits per heavy atom. The molecule has 1 saturated heterocycles. The van der Waals surface area contributed by atoms with Gasteiger partial charge in [-0.25, -0.2) is 9.78 Å². The van der Waals surface area contributed by atoms with E-state index in [0.29, 0.717) is 24.6 Å². The number of carbonyl (C=O) groups is 1. The summed E-state index contributed by atoms with van der Waals surface area (Å²) in [5, 5.41) is 11.8. The van der Waals surface area contributed by atoms with Crippen molar-refractivity contribution in [3.05, 3.63) is 40.8 Å². The summed E-state index contributed by atoms with van der Waals surface area (Å²) in [5.41, 5.74) is 3.89. The fraction of sp³-hybridized carbons (Fsp3) is 0.391. The first-order chi connectivity index (χ1) is 16.1. The van der Waals surface area contributed by atoms with Crippen molar-refractivity contribution >= 4 is 34.9 Å². The predicted molar refractivity (Wildman–Crippen MR) is 128 cm³/mol. The van der Waals surface area contributed by atoms with Gasteiger partial charge in [-0.1, -0.05) is 0 Å². The number of ether oxygens (including phenoxy) is 1. The largest absolute Gasteiger partial charge is 0.376 e. The summed E-state index contributed by atoms with van der Waals surface area (Å²) in [6.07, 6.45) is 6.67. The molecule has 0 spiro atoms. The number of urea groups is 1. The molecule has 0 aliphatic carbocycles. The molecule has 1 atom stereocenters. The van der Waals surface area contributed by atoms with Crippen LogP contribution in [0.25, 0.3) is 22.2 Å². The van der Waals surface area contributed by atoms with Crippen LogP contribution >= 0.6 is 0 Å². The van der Waals surface area contributed by atoms with Gasteiger partial charge in [-0.3, -0.25) is 15.1 Å². The smallest absolute Gasteiger partial charge is 0.321 e. The van der Waals surface area contributed by atoms with Crippen molar-refractivity contribution in [3.63, 3.8) is 0 Å². The van der Waals surface area contributed by atoms with Gasteiger partial charge in [-0.2, -0.15) is 5.10 Å². The number of amides is 2. The molecule has 1 fully saturated rings. The fourth-order valence-electron chi connectivity index (χ4n) is 4.26. The second-order valence-corrected chi connectivity index (χ2v) is 8.21. The number of fused-ring (bicyclic) bond motifs is 1. The zero-order valence-corrected chi connectivity index (χ0v) is 18.5. The van der Waals surface area contributed by atoms with Gasteiger partial charge in [0.2, 0.25) is 5.95 Å². The Balaban J connectivity index is 1.51. The van der Waals surface area contributed by atoms with Crippen molar-refractivity contribution < 1.29 is 9.53 Å². The SMILES string of the molecule is CCNC(=O)Nc1nc2cc(-c3ccn(CC4CCCO4)c(=O)c3)cc(N3CCC=N3)c2[nH]1. The van der Waals surface area contributed by atoms with Gasteiger partial charge in [0, 0.05) is 44.6 Å². The molecule has 10 nitrogen and oxygen atoms in total. The topological polar surface area (TPSA) is 117 Å². The molecule has 3 aromatic rings. The van der Waals surface area contributed by atoms with Gasteiger partial charge < -0.3 is 19.6 Å². The van der Waals surface area contributed by atoms with Crippen molar-refractivity contribution in [2.24, 2.45) is 5.10 Å². The van der Waals surface area contributed by atoms with E-state index in [2.05, 4.69) is 25.7 Å². The zero-order valence-electron chi connectivity index (χ0n) is 18.5. The molecule has 0 radical (unpaired) electrons. The lowest BCUT2D eigenvalue weighted by molar-refractivity contribution is 0.0962. The van der Waals surface area contributed by atoms with Gasteiger partial charge in [0.05, 0.1) is 29.4 Å². The highest BCUT2D eigenvalue weighted by molar-refractivity contribution is 5.97. The number of rotatable bonds is 6. The average Bonchev–Trinajstić information content (AvgIpc) is 3.56. The second-order valence-electron chi connectivity index (χ2n) is 8.21. The molecule has 2 aliphatic heterocycles. The summed E-state index contributed by atoms with van der Waals surface area (Å²) in [5.74, 6) is 0.351. The van der Waals surface area contributed by atoms with Crippen molar-refractivity contribution in [1.29, 1.82) is 0 Å². The van der Waals surface area contributed by atoms with Crippen LogP contribution in [0.1, 0.15) is 26.2 Å². The van der Waals surface area contributed by atoms with Crippen LogP contribution in [0.15, 0.2) is 40.4 Å². The Morgan fingerprint density at radius 1 is 1.30 bits per heavy atom. The second kappa shape index (κ2) is 9.07. The molecular formula is C23H27N7O3. The van der Waals surface area contributed by atoms with Gasteiger partial charge in [0.15, 0.2) is 0 Å². The highest BCUT2D eigenvalue weighted by Crippen LogP contribution is 2.33. The van der Waals surface area contributed by atoms with E-state index in [1.54, 1.807) is 10.6 Å². The van der Waals surface area contributed by atoms with Crippen LogP contribution in [0.3, 0.4) is 0 Å². The maximum atomic E-state index is 12.8. The summed E-state index contributed by atoms with van der Waals surface area (Å²) < 4.78 is 7.37. The minimum Gasteiger partial charge on any atom is -0.376 e. The molecular weight excluding hydrogens is 422 g/mol. The first-order valence-corrected chi connectivity index (χ1v) is 11.3. The van der Waals surface area contributed by atoms with Gasteiger partial charge in [-0.05, 0) is 49.1 Å². The van der Waals surface area contributed by atoms with E-state index in [-0.39, 0.29) is 17.7 Å². The summed E-state index contributed by atoms with van der Waals surface area (Å²) in [6, 6.07) is 7.17. The fourth-order valence-corrected chi connectivity index (χ4v) is 4.26. The summed E-state index contributed by atoms with van der Waals surface area (Å²) in [7, 11) is 0. The van der Waals surface area contributed by atoms with Gasteiger partial charge in [0.25, 0.3) is 5.56 Å². The number of benzene rings is 1. The number of aromatic amines is 1. The van der Waals surface area contributed by atoms with Gasteiger partial charge >= 0.3 is 6.03 Å². The molecule has 3 N–H and O–H groups in total. The molecule has 0 bridgehead atoms. The molecule has 5 rings (SSSR count). The molecule has 172 valence electrons. The van der Waals surface area contributed by atoms with Crippen molar-refractivity contribution in [1.82, 2.24) is 19.9 Å². The molecule has 2 aliphatic rings. The van der Waals surface area contributed by atoms with Crippen LogP contribution in [0.4, 0.5) is 16.4 Å². The van der Waals surface area contributed by atoms with E-state index < -0.39 is 0 Å². The Kier molecular flexibility index (Phi) is 5.82. The lowest BCUT2D eigenvalue weighted by Gasteiger charge is -2.16. The number of imidazole rings is 1. The van der Waals surface area contributed by atoms with Crippen molar-refractivity contribution in [3.8, 4) is 11.1 Å². The van der Waals surface area contributed by atoms with Crippen LogP contribution in [0, 0.1) is 0 Å². The number of hydrogen-bond donors (Lipinski definition) is 3. The molecule has 10 heteroatoms. The number of hydrogen-bond acceptors (Lipinski definition) is 6. The number of nitrogens with zero attached hydrogens (tertiary/aromatic N) is 4. The van der Waals surface area contributed by atoms with Crippen molar-refractivity contribution in [2.75, 3.05) is 30.0 Å². The van der Waals surface area contributed by atoms with Crippen molar-refractivity contribution in [2.45, 2.75) is 38.8 Å². The Bertz CT molecular complexity index is 1260. The van der Waals surface area contributed by atoms with Crippen LogP contribution in [-0.4, -0.2) is 52.6 Å². The molecule has 33 heavy (non-hydrogen) atoms. The molecule has 2 aromatic heterocycles. The number of H-pyrrole nitrogens is 1. The third-order valence-corrected chi connectivity index (χ3v) is 5.86. The number of carbonyl (C=O) groups excluding carboxylic acids is 1. The highest BCUT2D eigenvalue weighted by Gasteiger charge is 2.19. The quantitative estimate of drug-likeness (QED) is 0.535. The monoisotopic (exact) mass is 449 g/mol. The number of hydrazone groups is 1. The van der Waals surface area contributed by atoms with Crippen LogP contribution < -0.4 is 21.2 Å². The highest BCUT2D eigenvalue weighted by atomic mass is 16.5. The maximum absolute atomic E-state index is 12.8. The van der Waals surface area contributed by atoms with E-state index in [0.717, 1.165) is 54.7 Å². The van der Waals surface area contributed by atoms with E-state index in [1.165, 1.54) is 0 Å². The van der Waals surface area contributed by atoms with E-state index in [9.17, 15) is 9.59 Å². The molecule has 1 unspecified atom stereocenters. The molecule has 1 aromatic carbocycles. The minimum absolute atomic E-state index is 0.0653. The predicted octanol–water partition coefficient (Wildman–Crippen LogP) is 2.91. The van der Waals surface area contributed by atoms with Crippen LogP contribution in [-0.2, 0) is 11.3 Å². The third-order valence-electron chi connectivity index (χ3n) is 5.86. The normalized spacial score (nSPS) is 17.7. The Hall–Kier alpha value is -3.66. The Labute approximate surface area is 190 Å². The minimum atomic E-state index is -0.327.